The number of carbonyl (C=O) groups excluding carboxylic acids is 1. The summed E-state index contributed by atoms with van der Waals surface area (Å²) in [5.74, 6) is 1.03. The standard InChI is InChI=1S/C12H19NO/c1-11(2)9-5-6-12(11,3)10(14)8(9)7-13-4/h7-9H,5-6H2,1-4H3. The lowest BCUT2D eigenvalue weighted by Gasteiger charge is -2.32. The summed E-state index contributed by atoms with van der Waals surface area (Å²) in [6.07, 6.45) is 4.11. The molecule has 78 valence electrons. The quantitative estimate of drug-likeness (QED) is 0.588. The lowest BCUT2D eigenvalue weighted by molar-refractivity contribution is -0.129. The van der Waals surface area contributed by atoms with Crippen molar-refractivity contribution >= 4 is 12.0 Å². The van der Waals surface area contributed by atoms with Gasteiger partial charge in [-0.15, -0.1) is 0 Å². The molecule has 0 radical (unpaired) electrons. The van der Waals surface area contributed by atoms with E-state index in [2.05, 4.69) is 25.8 Å². The number of carbonyl (C=O) groups is 1. The molecular weight excluding hydrogens is 174 g/mol. The molecule has 2 rings (SSSR count). The van der Waals surface area contributed by atoms with E-state index in [0.717, 1.165) is 6.42 Å². The van der Waals surface area contributed by atoms with Gasteiger partial charge in [-0.1, -0.05) is 20.8 Å². The third kappa shape index (κ3) is 0.870. The molecule has 0 N–H and O–H groups in total. The molecular formula is C12H19NO. The monoisotopic (exact) mass is 193 g/mol. The molecule has 0 amide bonds. The lowest BCUT2D eigenvalue weighted by Crippen LogP contribution is -2.33. The summed E-state index contributed by atoms with van der Waals surface area (Å²) < 4.78 is 0. The van der Waals surface area contributed by atoms with Gasteiger partial charge in [-0.2, -0.15) is 0 Å². The van der Waals surface area contributed by atoms with Crippen molar-refractivity contribution in [1.29, 1.82) is 0 Å². The first-order valence-electron chi connectivity index (χ1n) is 5.42. The van der Waals surface area contributed by atoms with Crippen LogP contribution in [0.3, 0.4) is 0 Å². The molecule has 0 spiro atoms. The molecule has 2 heteroatoms. The second kappa shape index (κ2) is 2.68. The van der Waals surface area contributed by atoms with Crippen molar-refractivity contribution in [2.24, 2.45) is 27.7 Å². The second-order valence-corrected chi connectivity index (χ2v) is 5.50. The minimum Gasteiger partial charge on any atom is -0.300 e. The molecule has 0 aromatic rings. The first-order chi connectivity index (χ1) is 6.45. The highest BCUT2D eigenvalue weighted by atomic mass is 16.1. The highest BCUT2D eigenvalue weighted by molar-refractivity contribution is 6.02. The zero-order valence-electron chi connectivity index (χ0n) is 9.50. The Labute approximate surface area is 85.8 Å². The van der Waals surface area contributed by atoms with Gasteiger partial charge in [0, 0.05) is 18.7 Å². The molecule has 2 bridgehead atoms. The van der Waals surface area contributed by atoms with Crippen molar-refractivity contribution in [3.05, 3.63) is 0 Å². The Hall–Kier alpha value is -0.660. The Balaban J connectivity index is 2.44. The van der Waals surface area contributed by atoms with Crippen molar-refractivity contribution in [1.82, 2.24) is 0 Å². The van der Waals surface area contributed by atoms with Gasteiger partial charge < -0.3 is 4.99 Å². The predicted molar refractivity (Wildman–Crippen MR) is 57.5 cm³/mol. The maximum atomic E-state index is 12.2. The van der Waals surface area contributed by atoms with Gasteiger partial charge in [-0.3, -0.25) is 4.79 Å². The van der Waals surface area contributed by atoms with E-state index >= 15 is 0 Å². The van der Waals surface area contributed by atoms with E-state index in [-0.39, 0.29) is 16.7 Å². The van der Waals surface area contributed by atoms with Gasteiger partial charge >= 0.3 is 0 Å². The average Bonchev–Trinajstić information content (AvgIpc) is 2.41. The number of rotatable bonds is 1. The zero-order chi connectivity index (χ0) is 10.6. The number of ketones is 1. The average molecular weight is 193 g/mol. The molecule has 14 heavy (non-hydrogen) atoms. The molecule has 3 atom stereocenters. The minimum atomic E-state index is -0.0937. The Morgan fingerprint density at radius 2 is 2.07 bits per heavy atom. The molecule has 0 saturated heterocycles. The SMILES string of the molecule is CN=CC1C(=O)C2(C)CCC1C2(C)C. The Bertz CT molecular complexity index is 305. The molecule has 3 unspecified atom stereocenters. The maximum absolute atomic E-state index is 12.2. The fourth-order valence-electron chi connectivity index (χ4n) is 3.49. The van der Waals surface area contributed by atoms with Crippen molar-refractivity contribution in [3.8, 4) is 0 Å². The van der Waals surface area contributed by atoms with Crippen LogP contribution < -0.4 is 0 Å². The smallest absolute Gasteiger partial charge is 0.147 e. The molecule has 2 aliphatic rings. The molecule has 0 aliphatic heterocycles. The number of nitrogens with zero attached hydrogens (tertiary/aromatic N) is 1. The third-order valence-corrected chi connectivity index (χ3v) is 4.89. The van der Waals surface area contributed by atoms with Crippen LogP contribution in [0.4, 0.5) is 0 Å². The summed E-state index contributed by atoms with van der Waals surface area (Å²) in [5.41, 5.74) is 0.0689. The van der Waals surface area contributed by atoms with E-state index in [4.69, 9.17) is 0 Å². The molecule has 2 aliphatic carbocycles. The van der Waals surface area contributed by atoms with Crippen LogP contribution in [0.5, 0.6) is 0 Å². The Morgan fingerprint density at radius 3 is 2.50 bits per heavy atom. The highest BCUT2D eigenvalue weighted by Crippen LogP contribution is 2.65. The summed E-state index contributed by atoms with van der Waals surface area (Å²) in [6.45, 7) is 6.62. The summed E-state index contributed by atoms with van der Waals surface area (Å²) in [7, 11) is 1.76. The van der Waals surface area contributed by atoms with Gasteiger partial charge in [0.15, 0.2) is 0 Å². The molecule has 2 saturated carbocycles. The van der Waals surface area contributed by atoms with Gasteiger partial charge in [0.1, 0.15) is 5.78 Å². The van der Waals surface area contributed by atoms with Crippen LogP contribution in [-0.4, -0.2) is 19.0 Å². The van der Waals surface area contributed by atoms with Crippen LogP contribution in [0, 0.1) is 22.7 Å². The van der Waals surface area contributed by atoms with E-state index < -0.39 is 0 Å². The number of hydrogen-bond acceptors (Lipinski definition) is 2. The van der Waals surface area contributed by atoms with E-state index in [1.807, 2.05) is 6.21 Å². The lowest BCUT2D eigenvalue weighted by atomic mass is 9.70. The number of aliphatic imine (C=N–C) groups is 1. The molecule has 2 fully saturated rings. The van der Waals surface area contributed by atoms with Crippen LogP contribution in [0.15, 0.2) is 4.99 Å². The Morgan fingerprint density at radius 1 is 1.43 bits per heavy atom. The summed E-state index contributed by atoms with van der Waals surface area (Å²) >= 11 is 0. The predicted octanol–water partition coefficient (Wildman–Crippen LogP) is 2.33. The number of fused-ring (bicyclic) bond motifs is 2. The summed E-state index contributed by atoms with van der Waals surface area (Å²) in [5, 5.41) is 0. The van der Waals surface area contributed by atoms with Crippen molar-refractivity contribution in [3.63, 3.8) is 0 Å². The maximum Gasteiger partial charge on any atom is 0.147 e. The van der Waals surface area contributed by atoms with Crippen LogP contribution in [0.25, 0.3) is 0 Å². The normalized spacial score (nSPS) is 45.3. The van der Waals surface area contributed by atoms with Crippen molar-refractivity contribution in [2.45, 2.75) is 33.6 Å². The third-order valence-electron chi connectivity index (χ3n) is 4.89. The topological polar surface area (TPSA) is 29.4 Å². The van der Waals surface area contributed by atoms with Crippen molar-refractivity contribution in [2.75, 3.05) is 7.05 Å². The number of Topliss-reactive ketones (excluding diaryl/α,β-unsaturated/α-hetero) is 1. The number of hydrogen-bond donors (Lipinski definition) is 0. The van der Waals surface area contributed by atoms with E-state index in [0.29, 0.717) is 11.7 Å². The first-order valence-corrected chi connectivity index (χ1v) is 5.42. The van der Waals surface area contributed by atoms with Gasteiger partial charge in [0.05, 0.1) is 5.92 Å². The summed E-state index contributed by atoms with van der Waals surface area (Å²) in [4.78, 5) is 16.2. The van der Waals surface area contributed by atoms with E-state index in [1.54, 1.807) is 7.05 Å². The highest BCUT2D eigenvalue weighted by Gasteiger charge is 2.65. The molecule has 2 nitrogen and oxygen atoms in total. The minimum absolute atomic E-state index is 0.0914. The fraction of sp³-hybridized carbons (Fsp3) is 0.833. The summed E-state index contributed by atoms with van der Waals surface area (Å²) in [6, 6.07) is 0. The van der Waals surface area contributed by atoms with Gasteiger partial charge in [-0.05, 0) is 24.2 Å². The second-order valence-electron chi connectivity index (χ2n) is 5.50. The van der Waals surface area contributed by atoms with Crippen LogP contribution in [0.2, 0.25) is 0 Å². The molecule has 0 aromatic heterocycles. The van der Waals surface area contributed by atoms with Crippen molar-refractivity contribution < 1.29 is 4.79 Å². The van der Waals surface area contributed by atoms with E-state index in [9.17, 15) is 4.79 Å². The molecule has 0 aromatic carbocycles. The fourth-order valence-corrected chi connectivity index (χ4v) is 3.49. The largest absolute Gasteiger partial charge is 0.300 e. The van der Waals surface area contributed by atoms with Gasteiger partial charge in [-0.25, -0.2) is 0 Å². The zero-order valence-corrected chi connectivity index (χ0v) is 9.50. The van der Waals surface area contributed by atoms with E-state index in [1.165, 1.54) is 6.42 Å². The van der Waals surface area contributed by atoms with Gasteiger partial charge in [0.25, 0.3) is 0 Å². The van der Waals surface area contributed by atoms with Crippen LogP contribution >= 0.6 is 0 Å². The van der Waals surface area contributed by atoms with Crippen LogP contribution in [0.1, 0.15) is 33.6 Å². The van der Waals surface area contributed by atoms with Crippen LogP contribution in [-0.2, 0) is 4.79 Å². The first kappa shape index (κ1) is 9.88. The van der Waals surface area contributed by atoms with Gasteiger partial charge in [0.2, 0.25) is 0 Å². The molecule has 0 heterocycles. The Kier molecular flexibility index (Phi) is 1.89.